The fraction of sp³-hybridized carbons (Fsp3) is 0. The molecule has 124 valence electrons. The third-order valence-corrected chi connectivity index (χ3v) is 5.25. The summed E-state index contributed by atoms with van der Waals surface area (Å²) in [5.41, 5.74) is 1.88. The van der Waals surface area contributed by atoms with Gasteiger partial charge in [-0.1, -0.05) is 46.9 Å². The summed E-state index contributed by atoms with van der Waals surface area (Å²) in [5, 5.41) is 4.52. The van der Waals surface area contributed by atoms with Crippen LogP contribution in [0.3, 0.4) is 0 Å². The highest BCUT2D eigenvalue weighted by Crippen LogP contribution is 2.32. The van der Waals surface area contributed by atoms with Crippen LogP contribution in [0.25, 0.3) is 32.8 Å². The van der Waals surface area contributed by atoms with Crippen molar-refractivity contribution in [3.05, 3.63) is 73.3 Å². The quantitative estimate of drug-likeness (QED) is 0.353. The molecule has 0 saturated carbocycles. The average Bonchev–Trinajstić information content (AvgIpc) is 3.05. The first kappa shape index (κ1) is 16.6. The highest BCUT2D eigenvalue weighted by Gasteiger charge is 2.14. The predicted octanol–water partition coefficient (Wildman–Crippen LogP) is 6.54. The molecule has 0 aliphatic heterocycles. The minimum Gasteiger partial charge on any atom is -0.421 e. The minimum absolute atomic E-state index is 0.298. The maximum absolute atomic E-state index is 12.4. The summed E-state index contributed by atoms with van der Waals surface area (Å²) in [7, 11) is 0. The van der Waals surface area contributed by atoms with Crippen molar-refractivity contribution < 1.29 is 4.42 Å². The first-order valence-electron chi connectivity index (χ1n) is 7.16. The normalized spacial score (nSPS) is 11.2. The number of hydrogen-bond acceptors (Lipinski definition) is 4. The molecule has 0 N–H and O–H groups in total. The van der Waals surface area contributed by atoms with E-state index >= 15 is 0 Å². The van der Waals surface area contributed by atoms with Crippen LogP contribution in [0.5, 0.6) is 0 Å². The molecular weight excluding hydrogens is 401 g/mol. The number of thiazole rings is 1. The molecule has 0 amide bonds. The second-order valence-corrected chi connectivity index (χ2v) is 7.44. The van der Waals surface area contributed by atoms with Crippen LogP contribution in [0.15, 0.2) is 57.1 Å². The lowest BCUT2D eigenvalue weighted by Crippen LogP contribution is -2.02. The molecule has 3 nitrogen and oxygen atoms in total. The van der Waals surface area contributed by atoms with Crippen molar-refractivity contribution in [3.8, 4) is 21.8 Å². The van der Waals surface area contributed by atoms with Gasteiger partial charge in [0.25, 0.3) is 0 Å². The van der Waals surface area contributed by atoms with Crippen molar-refractivity contribution in [2.75, 3.05) is 0 Å². The second-order valence-electron chi connectivity index (χ2n) is 5.30. The van der Waals surface area contributed by atoms with Crippen LogP contribution in [-0.2, 0) is 0 Å². The lowest BCUT2D eigenvalue weighted by atomic mass is 10.1. The Kier molecular flexibility index (Phi) is 4.29. The van der Waals surface area contributed by atoms with Crippen LogP contribution >= 0.6 is 46.1 Å². The molecule has 2 aromatic heterocycles. The van der Waals surface area contributed by atoms with E-state index in [0.29, 0.717) is 36.6 Å². The van der Waals surface area contributed by atoms with Gasteiger partial charge < -0.3 is 4.42 Å². The Morgan fingerprint density at radius 3 is 2.48 bits per heavy atom. The summed E-state index contributed by atoms with van der Waals surface area (Å²) in [4.78, 5) is 16.9. The highest BCUT2D eigenvalue weighted by molar-refractivity contribution is 7.13. The molecule has 4 aromatic rings. The van der Waals surface area contributed by atoms with E-state index in [1.54, 1.807) is 24.3 Å². The van der Waals surface area contributed by atoms with E-state index in [1.165, 1.54) is 17.4 Å². The van der Waals surface area contributed by atoms with Crippen molar-refractivity contribution in [1.82, 2.24) is 4.98 Å². The van der Waals surface area contributed by atoms with Crippen molar-refractivity contribution in [2.24, 2.45) is 0 Å². The largest absolute Gasteiger partial charge is 0.421 e. The van der Waals surface area contributed by atoms with Crippen LogP contribution < -0.4 is 5.63 Å². The van der Waals surface area contributed by atoms with E-state index in [1.807, 2.05) is 17.5 Å². The van der Waals surface area contributed by atoms with Gasteiger partial charge in [-0.15, -0.1) is 11.3 Å². The lowest BCUT2D eigenvalue weighted by molar-refractivity contribution is 0.563. The topological polar surface area (TPSA) is 43.1 Å². The van der Waals surface area contributed by atoms with Crippen LogP contribution in [-0.4, -0.2) is 4.98 Å². The molecule has 0 spiro atoms. The van der Waals surface area contributed by atoms with E-state index in [0.717, 1.165) is 11.3 Å². The Labute approximate surface area is 161 Å². The molecule has 0 atom stereocenters. The van der Waals surface area contributed by atoms with Gasteiger partial charge in [0.1, 0.15) is 5.01 Å². The third-order valence-electron chi connectivity index (χ3n) is 3.63. The van der Waals surface area contributed by atoms with Crippen molar-refractivity contribution in [3.63, 3.8) is 0 Å². The van der Waals surface area contributed by atoms with Crippen molar-refractivity contribution in [2.45, 2.75) is 0 Å². The summed E-state index contributed by atoms with van der Waals surface area (Å²) in [6.45, 7) is 0. The standard InChI is InChI=1S/C18H8Cl3NO2S/c19-11-3-1-9(2-4-11)15-8-25-17(22-15)13-6-10-5-12(20)7-14(21)16(10)24-18(13)23/h1-8H. The zero-order valence-corrected chi connectivity index (χ0v) is 15.5. The Morgan fingerprint density at radius 1 is 0.960 bits per heavy atom. The molecule has 4 rings (SSSR count). The van der Waals surface area contributed by atoms with E-state index in [4.69, 9.17) is 39.2 Å². The molecule has 7 heteroatoms. The summed E-state index contributed by atoms with van der Waals surface area (Å²) in [5.74, 6) is 0. The number of nitrogens with zero attached hydrogens (tertiary/aromatic N) is 1. The SMILES string of the molecule is O=c1oc2c(Cl)cc(Cl)cc2cc1-c1nc(-c2ccc(Cl)cc2)cs1. The zero-order chi connectivity index (χ0) is 17.6. The molecule has 0 saturated heterocycles. The highest BCUT2D eigenvalue weighted by atomic mass is 35.5. The smallest absolute Gasteiger partial charge is 0.346 e. The van der Waals surface area contributed by atoms with E-state index in [-0.39, 0.29) is 0 Å². The number of benzene rings is 2. The van der Waals surface area contributed by atoms with Gasteiger partial charge in [-0.05, 0) is 30.3 Å². The summed E-state index contributed by atoms with van der Waals surface area (Å²) < 4.78 is 5.37. The van der Waals surface area contributed by atoms with Gasteiger partial charge in [-0.3, -0.25) is 0 Å². The van der Waals surface area contributed by atoms with Gasteiger partial charge in [0.15, 0.2) is 5.58 Å². The Hall–Kier alpha value is -1.85. The molecule has 0 unspecified atom stereocenters. The van der Waals surface area contributed by atoms with Crippen LogP contribution in [0, 0.1) is 0 Å². The van der Waals surface area contributed by atoms with Crippen molar-refractivity contribution >= 4 is 57.1 Å². The average molecular weight is 409 g/mol. The third kappa shape index (κ3) is 3.18. The van der Waals surface area contributed by atoms with Gasteiger partial charge in [0.2, 0.25) is 0 Å². The summed E-state index contributed by atoms with van der Waals surface area (Å²) in [6.07, 6.45) is 0. The molecule has 2 heterocycles. The zero-order valence-electron chi connectivity index (χ0n) is 12.4. The number of halogens is 3. The molecule has 0 bridgehead atoms. The van der Waals surface area contributed by atoms with Crippen molar-refractivity contribution in [1.29, 1.82) is 0 Å². The maximum Gasteiger partial charge on any atom is 0.346 e. The number of aromatic nitrogens is 1. The van der Waals surface area contributed by atoms with Crippen LogP contribution in [0.1, 0.15) is 0 Å². The Morgan fingerprint density at radius 2 is 1.72 bits per heavy atom. The maximum atomic E-state index is 12.4. The molecular formula is C18H8Cl3NO2S. The molecule has 0 radical (unpaired) electrons. The van der Waals surface area contributed by atoms with Crippen LogP contribution in [0.2, 0.25) is 15.1 Å². The van der Waals surface area contributed by atoms with Gasteiger partial charge in [-0.2, -0.15) is 0 Å². The predicted molar refractivity (Wildman–Crippen MR) is 104 cm³/mol. The molecule has 0 aliphatic carbocycles. The molecule has 0 aliphatic rings. The monoisotopic (exact) mass is 407 g/mol. The number of fused-ring (bicyclic) bond motifs is 1. The fourth-order valence-corrected chi connectivity index (χ4v) is 3.96. The number of rotatable bonds is 2. The molecule has 2 aromatic carbocycles. The van der Waals surface area contributed by atoms with Gasteiger partial charge in [0.05, 0.1) is 16.3 Å². The van der Waals surface area contributed by atoms with Gasteiger partial charge >= 0.3 is 5.63 Å². The molecule has 25 heavy (non-hydrogen) atoms. The first-order valence-corrected chi connectivity index (χ1v) is 9.17. The van der Waals surface area contributed by atoms with Gasteiger partial charge in [0, 0.05) is 26.4 Å². The van der Waals surface area contributed by atoms with Crippen LogP contribution in [0.4, 0.5) is 0 Å². The summed E-state index contributed by atoms with van der Waals surface area (Å²) in [6, 6.07) is 12.3. The lowest BCUT2D eigenvalue weighted by Gasteiger charge is -2.02. The minimum atomic E-state index is -0.492. The fourth-order valence-electron chi connectivity index (χ4n) is 2.46. The van der Waals surface area contributed by atoms with E-state index < -0.39 is 5.63 Å². The van der Waals surface area contributed by atoms with E-state index in [2.05, 4.69) is 4.98 Å². The first-order chi connectivity index (χ1) is 12.0. The second kappa shape index (κ2) is 6.46. The van der Waals surface area contributed by atoms with E-state index in [9.17, 15) is 4.79 Å². The number of hydrogen-bond donors (Lipinski definition) is 0. The summed E-state index contributed by atoms with van der Waals surface area (Å²) >= 11 is 19.4. The Bertz CT molecular complexity index is 1150. The Balaban J connectivity index is 1.83. The molecule has 0 fully saturated rings. The van der Waals surface area contributed by atoms with Gasteiger partial charge in [-0.25, -0.2) is 9.78 Å².